The Hall–Kier alpha value is -2.11. The number of amides is 1. The van der Waals surface area contributed by atoms with Gasteiger partial charge in [-0.3, -0.25) is 9.59 Å². The highest BCUT2D eigenvalue weighted by Crippen LogP contribution is 2.23. The van der Waals surface area contributed by atoms with Crippen LogP contribution in [0.1, 0.15) is 43.0 Å². The Morgan fingerprint density at radius 3 is 2.81 bits per heavy atom. The molecule has 0 aliphatic heterocycles. The van der Waals surface area contributed by atoms with Crippen molar-refractivity contribution in [2.24, 2.45) is 0 Å². The van der Waals surface area contributed by atoms with Crippen molar-refractivity contribution in [1.82, 2.24) is 10.3 Å². The molecular formula is C15H21N3O3. The summed E-state index contributed by atoms with van der Waals surface area (Å²) in [5, 5.41) is 6.03. The van der Waals surface area contributed by atoms with E-state index in [-0.39, 0.29) is 11.9 Å². The van der Waals surface area contributed by atoms with Crippen molar-refractivity contribution in [1.29, 1.82) is 0 Å². The number of hydrogen-bond acceptors (Lipinski definition) is 5. The minimum atomic E-state index is -0.232. The smallest absolute Gasteiger partial charge is 0.305 e. The Kier molecular flexibility index (Phi) is 5.54. The van der Waals surface area contributed by atoms with Crippen LogP contribution in [0.3, 0.4) is 0 Å². The summed E-state index contributed by atoms with van der Waals surface area (Å²) in [6, 6.07) is 4.10. The third-order valence-electron chi connectivity index (χ3n) is 3.10. The molecule has 0 atom stereocenters. The lowest BCUT2D eigenvalue weighted by molar-refractivity contribution is -0.143. The first-order chi connectivity index (χ1) is 10.2. The molecule has 1 aromatic rings. The number of nitrogens with zero attached hydrogens (tertiary/aromatic N) is 1. The number of aromatic nitrogens is 1. The summed E-state index contributed by atoms with van der Waals surface area (Å²) in [7, 11) is 0. The van der Waals surface area contributed by atoms with Gasteiger partial charge in [-0.2, -0.15) is 0 Å². The SMILES string of the molecule is CCOC(=O)CCCNC(=O)c1ccc(NC2CC2)nc1. The Bertz CT molecular complexity index is 483. The van der Waals surface area contributed by atoms with Crippen molar-refractivity contribution in [3.8, 4) is 0 Å². The van der Waals surface area contributed by atoms with Crippen molar-refractivity contribution in [2.75, 3.05) is 18.5 Å². The quantitative estimate of drug-likeness (QED) is 0.563. The summed E-state index contributed by atoms with van der Waals surface area (Å²) in [5.74, 6) is 0.393. The highest BCUT2D eigenvalue weighted by molar-refractivity contribution is 5.94. The summed E-state index contributed by atoms with van der Waals surface area (Å²) in [5.41, 5.74) is 0.521. The fourth-order valence-corrected chi connectivity index (χ4v) is 1.82. The van der Waals surface area contributed by atoms with Gasteiger partial charge in [0.25, 0.3) is 5.91 Å². The molecule has 1 aromatic heterocycles. The Morgan fingerprint density at radius 1 is 1.38 bits per heavy atom. The van der Waals surface area contributed by atoms with Gasteiger partial charge in [-0.05, 0) is 38.3 Å². The van der Waals surface area contributed by atoms with E-state index in [0.717, 1.165) is 5.82 Å². The van der Waals surface area contributed by atoms with E-state index >= 15 is 0 Å². The van der Waals surface area contributed by atoms with Crippen LogP contribution < -0.4 is 10.6 Å². The minimum absolute atomic E-state index is 0.177. The van der Waals surface area contributed by atoms with E-state index < -0.39 is 0 Å². The average Bonchev–Trinajstić information content (AvgIpc) is 3.28. The summed E-state index contributed by atoms with van der Waals surface area (Å²) in [4.78, 5) is 27.2. The zero-order valence-electron chi connectivity index (χ0n) is 12.2. The number of carbonyl (C=O) groups is 2. The second kappa shape index (κ2) is 7.61. The molecule has 0 bridgehead atoms. The van der Waals surface area contributed by atoms with E-state index in [1.807, 2.05) is 6.07 Å². The third kappa shape index (κ3) is 5.41. The Balaban J connectivity index is 1.68. The Morgan fingerprint density at radius 2 is 2.19 bits per heavy atom. The largest absolute Gasteiger partial charge is 0.466 e. The summed E-state index contributed by atoms with van der Waals surface area (Å²) < 4.78 is 4.81. The number of esters is 1. The number of carbonyl (C=O) groups excluding carboxylic acids is 2. The zero-order chi connectivity index (χ0) is 15.1. The lowest BCUT2D eigenvalue weighted by atomic mass is 10.2. The van der Waals surface area contributed by atoms with Gasteiger partial charge in [0.2, 0.25) is 0 Å². The standard InChI is InChI=1S/C15H21N3O3/c1-2-21-14(19)4-3-9-16-15(20)11-5-8-13(17-10-11)18-12-6-7-12/h5,8,10,12H,2-4,6-7,9H2,1H3,(H,16,20)(H,17,18). The molecule has 1 aliphatic carbocycles. The molecule has 1 amide bonds. The lowest BCUT2D eigenvalue weighted by Crippen LogP contribution is -2.25. The van der Waals surface area contributed by atoms with Crippen LogP contribution in [-0.4, -0.2) is 36.1 Å². The topological polar surface area (TPSA) is 80.3 Å². The van der Waals surface area contributed by atoms with Crippen molar-refractivity contribution in [3.05, 3.63) is 23.9 Å². The third-order valence-corrected chi connectivity index (χ3v) is 3.10. The molecule has 1 aliphatic rings. The van der Waals surface area contributed by atoms with Crippen LogP contribution in [0.2, 0.25) is 0 Å². The number of anilines is 1. The van der Waals surface area contributed by atoms with Gasteiger partial charge in [-0.25, -0.2) is 4.98 Å². The second-order valence-corrected chi connectivity index (χ2v) is 5.02. The Labute approximate surface area is 124 Å². The molecular weight excluding hydrogens is 270 g/mol. The maximum absolute atomic E-state index is 11.9. The van der Waals surface area contributed by atoms with Gasteiger partial charge in [0.15, 0.2) is 0 Å². The summed E-state index contributed by atoms with van der Waals surface area (Å²) >= 11 is 0. The predicted molar refractivity (Wildman–Crippen MR) is 79.1 cm³/mol. The molecule has 114 valence electrons. The van der Waals surface area contributed by atoms with Crippen LogP contribution in [0.15, 0.2) is 18.3 Å². The van der Waals surface area contributed by atoms with Gasteiger partial charge in [-0.15, -0.1) is 0 Å². The molecule has 0 radical (unpaired) electrons. The molecule has 2 rings (SSSR count). The first-order valence-electron chi connectivity index (χ1n) is 7.35. The second-order valence-electron chi connectivity index (χ2n) is 5.02. The summed E-state index contributed by atoms with van der Waals surface area (Å²) in [6.07, 6.45) is 4.82. The van der Waals surface area contributed by atoms with E-state index in [4.69, 9.17) is 4.74 Å². The van der Waals surface area contributed by atoms with E-state index in [1.165, 1.54) is 12.8 Å². The molecule has 1 fully saturated rings. The van der Waals surface area contributed by atoms with E-state index in [0.29, 0.717) is 37.6 Å². The van der Waals surface area contributed by atoms with Crippen molar-refractivity contribution >= 4 is 17.7 Å². The van der Waals surface area contributed by atoms with Crippen molar-refractivity contribution in [2.45, 2.75) is 38.6 Å². The fourth-order valence-electron chi connectivity index (χ4n) is 1.82. The number of hydrogen-bond donors (Lipinski definition) is 2. The van der Waals surface area contributed by atoms with Gasteiger partial charge in [0.1, 0.15) is 5.82 Å². The maximum Gasteiger partial charge on any atom is 0.305 e. The van der Waals surface area contributed by atoms with Crippen LogP contribution in [-0.2, 0) is 9.53 Å². The van der Waals surface area contributed by atoms with Gasteiger partial charge in [0.05, 0.1) is 12.2 Å². The van der Waals surface area contributed by atoms with Gasteiger partial charge in [0, 0.05) is 25.2 Å². The molecule has 1 heterocycles. The monoisotopic (exact) mass is 291 g/mol. The molecule has 0 saturated heterocycles. The predicted octanol–water partition coefficient (Wildman–Crippen LogP) is 1.73. The van der Waals surface area contributed by atoms with E-state index in [9.17, 15) is 9.59 Å². The molecule has 21 heavy (non-hydrogen) atoms. The van der Waals surface area contributed by atoms with Gasteiger partial charge < -0.3 is 15.4 Å². The normalized spacial score (nSPS) is 13.6. The molecule has 6 nitrogen and oxygen atoms in total. The van der Waals surface area contributed by atoms with Crippen LogP contribution >= 0.6 is 0 Å². The zero-order valence-corrected chi connectivity index (χ0v) is 12.2. The fraction of sp³-hybridized carbons (Fsp3) is 0.533. The van der Waals surface area contributed by atoms with Crippen LogP contribution in [0, 0.1) is 0 Å². The average molecular weight is 291 g/mol. The van der Waals surface area contributed by atoms with Crippen LogP contribution in [0.4, 0.5) is 5.82 Å². The van der Waals surface area contributed by atoms with Crippen LogP contribution in [0.25, 0.3) is 0 Å². The lowest BCUT2D eigenvalue weighted by Gasteiger charge is -2.06. The number of rotatable bonds is 8. The van der Waals surface area contributed by atoms with Gasteiger partial charge >= 0.3 is 5.97 Å². The molecule has 0 spiro atoms. The van der Waals surface area contributed by atoms with E-state index in [1.54, 1.807) is 19.2 Å². The molecule has 0 unspecified atom stereocenters. The van der Waals surface area contributed by atoms with E-state index in [2.05, 4.69) is 15.6 Å². The molecule has 1 saturated carbocycles. The number of pyridine rings is 1. The van der Waals surface area contributed by atoms with Gasteiger partial charge in [-0.1, -0.05) is 0 Å². The minimum Gasteiger partial charge on any atom is -0.466 e. The van der Waals surface area contributed by atoms with Crippen molar-refractivity contribution in [3.63, 3.8) is 0 Å². The van der Waals surface area contributed by atoms with Crippen LogP contribution in [0.5, 0.6) is 0 Å². The molecule has 0 aromatic carbocycles. The molecule has 6 heteroatoms. The van der Waals surface area contributed by atoms with Crippen molar-refractivity contribution < 1.29 is 14.3 Å². The highest BCUT2D eigenvalue weighted by Gasteiger charge is 2.21. The number of ether oxygens (including phenoxy) is 1. The first kappa shape index (κ1) is 15.3. The first-order valence-corrected chi connectivity index (χ1v) is 7.35. The summed E-state index contributed by atoms with van der Waals surface area (Å²) in [6.45, 7) is 2.60. The highest BCUT2D eigenvalue weighted by atomic mass is 16.5. The molecule has 2 N–H and O–H groups in total. The maximum atomic E-state index is 11.9. The number of nitrogens with one attached hydrogen (secondary N) is 2.